The van der Waals surface area contributed by atoms with Crippen LogP contribution in [0.5, 0.6) is 0 Å². The highest BCUT2D eigenvalue weighted by Crippen LogP contribution is 2.49. The Hall–Kier alpha value is -0.430. The molecule has 0 spiro atoms. The summed E-state index contributed by atoms with van der Waals surface area (Å²) in [6.07, 6.45) is 0.790. The Kier molecular flexibility index (Phi) is 11.0. The maximum atomic E-state index is 12.3. The standard InChI is InChI=1S/C11H20BrO7P/c1-16-10(13)4-7-18-20(15,9-3-6-12)19-8-5-11(14)17-2/h3-9H2,1-2H3. The molecule has 0 aromatic rings. The van der Waals surface area contributed by atoms with Crippen molar-refractivity contribution in [2.45, 2.75) is 19.3 Å². The lowest BCUT2D eigenvalue weighted by atomic mass is 10.5. The average molecular weight is 375 g/mol. The highest BCUT2D eigenvalue weighted by atomic mass is 79.9. The SMILES string of the molecule is COC(=O)CCOP(=O)(CCCBr)OCCC(=O)OC. The van der Waals surface area contributed by atoms with Gasteiger partial charge < -0.3 is 18.5 Å². The third kappa shape index (κ3) is 9.47. The summed E-state index contributed by atoms with van der Waals surface area (Å²) < 4.78 is 31.6. The number of hydrogen-bond acceptors (Lipinski definition) is 7. The number of rotatable bonds is 11. The summed E-state index contributed by atoms with van der Waals surface area (Å²) >= 11 is 3.23. The van der Waals surface area contributed by atoms with Gasteiger partial charge in [0.2, 0.25) is 0 Å². The molecule has 118 valence electrons. The Morgan fingerprint density at radius 1 is 1.00 bits per heavy atom. The maximum absolute atomic E-state index is 12.3. The summed E-state index contributed by atoms with van der Waals surface area (Å²) in [6, 6.07) is 0. The Bertz CT molecular complexity index is 322. The van der Waals surface area contributed by atoms with Gasteiger partial charge in [0.1, 0.15) is 0 Å². The van der Waals surface area contributed by atoms with Crippen molar-refractivity contribution in [3.63, 3.8) is 0 Å². The van der Waals surface area contributed by atoms with Crippen LogP contribution in [0.25, 0.3) is 0 Å². The predicted molar refractivity (Wildman–Crippen MR) is 76.1 cm³/mol. The number of carbonyl (C=O) groups excluding carboxylic acids is 2. The van der Waals surface area contributed by atoms with Crippen molar-refractivity contribution in [1.29, 1.82) is 0 Å². The van der Waals surface area contributed by atoms with Crippen LogP contribution in [0.3, 0.4) is 0 Å². The molecule has 0 aliphatic heterocycles. The van der Waals surface area contributed by atoms with Crippen molar-refractivity contribution in [2.24, 2.45) is 0 Å². The van der Waals surface area contributed by atoms with Gasteiger partial charge in [0, 0.05) is 5.33 Å². The second-order valence-corrected chi connectivity index (χ2v) is 6.67. The monoisotopic (exact) mass is 374 g/mol. The fraction of sp³-hybridized carbons (Fsp3) is 0.818. The number of halogens is 1. The van der Waals surface area contributed by atoms with Crippen molar-refractivity contribution >= 4 is 35.5 Å². The van der Waals surface area contributed by atoms with E-state index in [9.17, 15) is 14.2 Å². The van der Waals surface area contributed by atoms with E-state index >= 15 is 0 Å². The Morgan fingerprint density at radius 2 is 1.45 bits per heavy atom. The van der Waals surface area contributed by atoms with Crippen molar-refractivity contribution in [3.05, 3.63) is 0 Å². The maximum Gasteiger partial charge on any atom is 0.330 e. The quantitative estimate of drug-likeness (QED) is 0.311. The van der Waals surface area contributed by atoms with Crippen molar-refractivity contribution in [2.75, 3.05) is 38.9 Å². The van der Waals surface area contributed by atoms with Crippen LogP contribution in [0.1, 0.15) is 19.3 Å². The largest absolute Gasteiger partial charge is 0.469 e. The van der Waals surface area contributed by atoms with Gasteiger partial charge in [0.15, 0.2) is 0 Å². The van der Waals surface area contributed by atoms with Crippen LogP contribution >= 0.6 is 23.5 Å². The normalized spacial score (nSPS) is 11.2. The molecule has 0 aliphatic rings. The lowest BCUT2D eigenvalue weighted by Gasteiger charge is -2.17. The van der Waals surface area contributed by atoms with Gasteiger partial charge in [-0.2, -0.15) is 0 Å². The van der Waals surface area contributed by atoms with Crippen molar-refractivity contribution < 1.29 is 32.7 Å². The molecule has 0 saturated carbocycles. The lowest BCUT2D eigenvalue weighted by Crippen LogP contribution is -2.10. The van der Waals surface area contributed by atoms with Crippen molar-refractivity contribution in [1.82, 2.24) is 0 Å². The molecular formula is C11H20BrO7P. The minimum Gasteiger partial charge on any atom is -0.469 e. The van der Waals surface area contributed by atoms with Gasteiger partial charge in [-0.15, -0.1) is 0 Å². The number of carbonyl (C=O) groups is 2. The van der Waals surface area contributed by atoms with Gasteiger partial charge >= 0.3 is 19.5 Å². The second kappa shape index (κ2) is 11.3. The molecular weight excluding hydrogens is 355 g/mol. The fourth-order valence-corrected chi connectivity index (χ4v) is 3.49. The van der Waals surface area contributed by atoms with Gasteiger partial charge in [0.25, 0.3) is 0 Å². The summed E-state index contributed by atoms with van der Waals surface area (Å²) in [4.78, 5) is 21.9. The molecule has 0 amide bonds. The smallest absolute Gasteiger partial charge is 0.330 e. The summed E-state index contributed by atoms with van der Waals surface area (Å²) in [5.74, 6) is -0.904. The zero-order valence-corrected chi connectivity index (χ0v) is 14.1. The number of hydrogen-bond donors (Lipinski definition) is 0. The Balaban J connectivity index is 4.23. The minimum absolute atomic E-state index is 0.00480. The molecule has 9 heteroatoms. The van der Waals surface area contributed by atoms with Crippen LogP contribution < -0.4 is 0 Å². The summed E-state index contributed by atoms with van der Waals surface area (Å²) in [5.41, 5.74) is 0. The molecule has 0 rings (SSSR count). The van der Waals surface area contributed by atoms with E-state index in [0.29, 0.717) is 11.8 Å². The van der Waals surface area contributed by atoms with Crippen LogP contribution in [0.4, 0.5) is 0 Å². The first-order chi connectivity index (χ1) is 9.47. The fourth-order valence-electron chi connectivity index (χ4n) is 1.16. The van der Waals surface area contributed by atoms with Gasteiger partial charge in [-0.25, -0.2) is 0 Å². The van der Waals surface area contributed by atoms with E-state index in [1.54, 1.807) is 0 Å². The third-order valence-corrected chi connectivity index (χ3v) is 4.79. The van der Waals surface area contributed by atoms with E-state index in [4.69, 9.17) is 9.05 Å². The minimum atomic E-state index is -3.31. The molecule has 0 fully saturated rings. The molecule has 0 saturated heterocycles. The van der Waals surface area contributed by atoms with E-state index in [-0.39, 0.29) is 32.2 Å². The van der Waals surface area contributed by atoms with E-state index in [2.05, 4.69) is 25.4 Å². The Labute approximate surface area is 126 Å². The number of esters is 2. The summed E-state index contributed by atoms with van der Waals surface area (Å²) in [6.45, 7) is -0.102. The number of methoxy groups -OCH3 is 2. The van der Waals surface area contributed by atoms with Crippen molar-refractivity contribution in [3.8, 4) is 0 Å². The van der Waals surface area contributed by atoms with Crippen LogP contribution in [-0.2, 0) is 32.7 Å². The zero-order chi connectivity index (χ0) is 15.4. The molecule has 0 aliphatic carbocycles. The van der Waals surface area contributed by atoms with Crippen LogP contribution in [0.15, 0.2) is 0 Å². The molecule has 0 N–H and O–H groups in total. The highest BCUT2D eigenvalue weighted by molar-refractivity contribution is 9.09. The van der Waals surface area contributed by atoms with Gasteiger partial charge in [-0.3, -0.25) is 14.2 Å². The molecule has 20 heavy (non-hydrogen) atoms. The first-order valence-electron chi connectivity index (χ1n) is 6.05. The molecule has 0 heterocycles. The molecule has 7 nitrogen and oxygen atoms in total. The third-order valence-electron chi connectivity index (χ3n) is 2.21. The van der Waals surface area contributed by atoms with E-state index in [0.717, 1.165) is 0 Å². The van der Waals surface area contributed by atoms with Crippen LogP contribution in [0, 0.1) is 0 Å². The average Bonchev–Trinajstić information content (AvgIpc) is 2.44. The van der Waals surface area contributed by atoms with Crippen LogP contribution in [0.2, 0.25) is 0 Å². The molecule has 0 aromatic heterocycles. The van der Waals surface area contributed by atoms with E-state index < -0.39 is 19.5 Å². The Morgan fingerprint density at radius 3 is 1.80 bits per heavy atom. The first-order valence-corrected chi connectivity index (χ1v) is 8.90. The van der Waals surface area contributed by atoms with E-state index in [1.165, 1.54) is 14.2 Å². The topological polar surface area (TPSA) is 88.1 Å². The highest BCUT2D eigenvalue weighted by Gasteiger charge is 2.24. The van der Waals surface area contributed by atoms with Gasteiger partial charge in [-0.1, -0.05) is 15.9 Å². The van der Waals surface area contributed by atoms with Crippen LogP contribution in [-0.4, -0.2) is 50.9 Å². The molecule has 0 aromatic carbocycles. The van der Waals surface area contributed by atoms with Gasteiger partial charge in [-0.05, 0) is 6.42 Å². The molecule has 0 radical (unpaired) electrons. The molecule has 0 bridgehead atoms. The zero-order valence-electron chi connectivity index (χ0n) is 11.6. The summed E-state index contributed by atoms with van der Waals surface area (Å²) in [7, 11) is -0.788. The molecule has 0 atom stereocenters. The second-order valence-electron chi connectivity index (χ2n) is 3.70. The van der Waals surface area contributed by atoms with Gasteiger partial charge in [0.05, 0.1) is 46.4 Å². The number of alkyl halides is 1. The molecule has 0 unspecified atom stereocenters. The first kappa shape index (κ1) is 19.6. The van der Waals surface area contributed by atoms with E-state index in [1.807, 2.05) is 0 Å². The predicted octanol–water partition coefficient (Wildman–Crippen LogP) is 2.12. The number of ether oxygens (including phenoxy) is 2. The lowest BCUT2D eigenvalue weighted by molar-refractivity contribution is -0.141. The summed E-state index contributed by atoms with van der Waals surface area (Å²) in [5, 5.41) is 0.651.